The normalized spacial score (nSPS) is 14.6. The predicted molar refractivity (Wildman–Crippen MR) is 130 cm³/mol. The molecule has 8 nitrogen and oxygen atoms in total. The predicted octanol–water partition coefficient (Wildman–Crippen LogP) is 3.76. The Kier molecular flexibility index (Phi) is 8.84. The Labute approximate surface area is 200 Å². The van der Waals surface area contributed by atoms with Crippen LogP contribution in [0.3, 0.4) is 0 Å². The number of carbonyl (C=O) groups is 2. The lowest BCUT2D eigenvalue weighted by Crippen LogP contribution is -2.35. The summed E-state index contributed by atoms with van der Waals surface area (Å²) < 4.78 is 37.9. The largest absolute Gasteiger partial charge is 0.493 e. The maximum Gasteiger partial charge on any atom is 0.331 e. The van der Waals surface area contributed by atoms with E-state index in [0.29, 0.717) is 42.3 Å². The number of rotatable bonds is 9. The third-order valence-electron chi connectivity index (χ3n) is 5.40. The molecule has 0 bridgehead atoms. The van der Waals surface area contributed by atoms with Crippen LogP contribution in [0.1, 0.15) is 37.3 Å². The van der Waals surface area contributed by atoms with Crippen molar-refractivity contribution in [2.45, 2.75) is 38.0 Å². The molecule has 1 aliphatic heterocycles. The van der Waals surface area contributed by atoms with Gasteiger partial charge in [-0.15, -0.1) is 0 Å². The first-order chi connectivity index (χ1) is 16.3. The van der Waals surface area contributed by atoms with Crippen molar-refractivity contribution in [2.24, 2.45) is 0 Å². The summed E-state index contributed by atoms with van der Waals surface area (Å²) in [5.74, 6) is -0.603. The number of carbonyl (C=O) groups excluding carboxylic acids is 2. The molecule has 182 valence electrons. The second-order valence-electron chi connectivity index (χ2n) is 7.90. The first kappa shape index (κ1) is 25.5. The second-order valence-corrected chi connectivity index (χ2v) is 9.84. The average molecular weight is 487 g/mol. The van der Waals surface area contributed by atoms with E-state index in [1.54, 1.807) is 37.3 Å². The fourth-order valence-electron chi connectivity index (χ4n) is 3.58. The number of nitrogens with one attached hydrogen (secondary N) is 1. The van der Waals surface area contributed by atoms with Gasteiger partial charge in [0.25, 0.3) is 5.91 Å². The third kappa shape index (κ3) is 6.68. The van der Waals surface area contributed by atoms with E-state index >= 15 is 0 Å². The van der Waals surface area contributed by atoms with Crippen LogP contribution < -0.4 is 10.1 Å². The standard InChI is InChI=1S/C25H30N2O6S/c1-3-32-23-10-6-5-9-20(23)12-14-25(29)33-18-24(28)26-22-17-21(13-11-19(22)2)34(30,31)27-15-7-4-8-16-27/h5-6,9-14,17H,3-4,7-8,15-16,18H2,1-2H3,(H,26,28)/b14-12+. The van der Waals surface area contributed by atoms with Crippen molar-refractivity contribution in [3.05, 3.63) is 59.7 Å². The van der Waals surface area contributed by atoms with Crippen LogP contribution in [0.5, 0.6) is 5.75 Å². The van der Waals surface area contributed by atoms with Gasteiger partial charge in [0.05, 0.1) is 11.5 Å². The van der Waals surface area contributed by atoms with Crippen molar-refractivity contribution in [1.29, 1.82) is 0 Å². The molecule has 0 saturated carbocycles. The molecule has 1 amide bonds. The summed E-state index contributed by atoms with van der Waals surface area (Å²) in [4.78, 5) is 24.5. The van der Waals surface area contributed by atoms with Crippen LogP contribution in [0.4, 0.5) is 5.69 Å². The Balaban J connectivity index is 1.59. The minimum atomic E-state index is -3.63. The number of hydrogen-bond donors (Lipinski definition) is 1. The highest BCUT2D eigenvalue weighted by Gasteiger charge is 2.26. The smallest absolute Gasteiger partial charge is 0.331 e. The number of amides is 1. The molecule has 1 fully saturated rings. The number of piperidine rings is 1. The van der Waals surface area contributed by atoms with Crippen LogP contribution in [0.2, 0.25) is 0 Å². The molecule has 2 aromatic carbocycles. The number of sulfonamides is 1. The second kappa shape index (κ2) is 11.8. The monoisotopic (exact) mass is 486 g/mol. The number of nitrogens with zero attached hydrogens (tertiary/aromatic N) is 1. The van der Waals surface area contributed by atoms with E-state index in [4.69, 9.17) is 9.47 Å². The summed E-state index contributed by atoms with van der Waals surface area (Å²) >= 11 is 0. The molecule has 0 atom stereocenters. The molecule has 1 saturated heterocycles. The van der Waals surface area contributed by atoms with Gasteiger partial charge in [-0.2, -0.15) is 4.31 Å². The molecule has 0 radical (unpaired) electrons. The summed E-state index contributed by atoms with van der Waals surface area (Å²) in [5.41, 5.74) is 1.78. The summed E-state index contributed by atoms with van der Waals surface area (Å²) in [6.07, 6.45) is 5.48. The zero-order chi connectivity index (χ0) is 24.6. The van der Waals surface area contributed by atoms with Crippen LogP contribution >= 0.6 is 0 Å². The number of hydrogen-bond acceptors (Lipinski definition) is 6. The molecular formula is C25H30N2O6S. The van der Waals surface area contributed by atoms with E-state index in [0.717, 1.165) is 19.3 Å². The van der Waals surface area contributed by atoms with Gasteiger partial charge in [-0.3, -0.25) is 4.79 Å². The summed E-state index contributed by atoms with van der Waals surface area (Å²) in [6.45, 7) is 4.62. The lowest BCUT2D eigenvalue weighted by molar-refractivity contribution is -0.142. The van der Waals surface area contributed by atoms with Gasteiger partial charge in [0.2, 0.25) is 10.0 Å². The summed E-state index contributed by atoms with van der Waals surface area (Å²) in [6, 6.07) is 11.9. The molecule has 9 heteroatoms. The van der Waals surface area contributed by atoms with E-state index in [-0.39, 0.29) is 4.90 Å². The Morgan fingerprint density at radius 2 is 1.82 bits per heavy atom. The van der Waals surface area contributed by atoms with E-state index in [1.807, 2.05) is 19.1 Å². The Morgan fingerprint density at radius 3 is 2.56 bits per heavy atom. The van der Waals surface area contributed by atoms with Crippen LogP contribution in [-0.4, -0.2) is 50.9 Å². The first-order valence-corrected chi connectivity index (χ1v) is 12.7. The molecular weight excluding hydrogens is 456 g/mol. The van der Waals surface area contributed by atoms with Crippen LogP contribution in [0, 0.1) is 6.92 Å². The van der Waals surface area contributed by atoms with Crippen molar-refractivity contribution in [2.75, 3.05) is 31.6 Å². The minimum Gasteiger partial charge on any atom is -0.493 e. The van der Waals surface area contributed by atoms with Crippen molar-refractivity contribution in [1.82, 2.24) is 4.31 Å². The van der Waals surface area contributed by atoms with Gasteiger partial charge in [0.15, 0.2) is 6.61 Å². The minimum absolute atomic E-state index is 0.128. The third-order valence-corrected chi connectivity index (χ3v) is 7.29. The number of benzene rings is 2. The number of anilines is 1. The zero-order valence-electron chi connectivity index (χ0n) is 19.5. The molecule has 0 spiro atoms. The topological polar surface area (TPSA) is 102 Å². The Bertz CT molecular complexity index is 1150. The fraction of sp³-hybridized carbons (Fsp3) is 0.360. The number of para-hydroxylation sites is 1. The Hall–Kier alpha value is -3.17. The number of esters is 1. The maximum absolute atomic E-state index is 12.9. The molecule has 1 N–H and O–H groups in total. The van der Waals surface area contributed by atoms with Crippen molar-refractivity contribution < 1.29 is 27.5 Å². The highest BCUT2D eigenvalue weighted by atomic mass is 32.2. The quantitative estimate of drug-likeness (QED) is 0.428. The molecule has 0 aromatic heterocycles. The van der Waals surface area contributed by atoms with E-state index < -0.39 is 28.5 Å². The van der Waals surface area contributed by atoms with Gasteiger partial charge in [-0.05, 0) is 56.5 Å². The zero-order valence-corrected chi connectivity index (χ0v) is 20.3. The van der Waals surface area contributed by atoms with Crippen molar-refractivity contribution in [3.63, 3.8) is 0 Å². The van der Waals surface area contributed by atoms with Crippen LogP contribution in [0.15, 0.2) is 53.4 Å². The van der Waals surface area contributed by atoms with Crippen LogP contribution in [0.25, 0.3) is 6.08 Å². The van der Waals surface area contributed by atoms with Gasteiger partial charge in [0.1, 0.15) is 5.75 Å². The van der Waals surface area contributed by atoms with Gasteiger partial charge >= 0.3 is 5.97 Å². The highest BCUT2D eigenvalue weighted by Crippen LogP contribution is 2.25. The highest BCUT2D eigenvalue weighted by molar-refractivity contribution is 7.89. The molecule has 34 heavy (non-hydrogen) atoms. The SMILES string of the molecule is CCOc1ccccc1/C=C/C(=O)OCC(=O)Nc1cc(S(=O)(=O)N2CCCCC2)ccc1C. The summed E-state index contributed by atoms with van der Waals surface area (Å²) in [5, 5.41) is 2.64. The molecule has 0 unspecified atom stereocenters. The molecule has 3 rings (SSSR count). The van der Waals surface area contributed by atoms with Gasteiger partial charge in [-0.1, -0.05) is 30.7 Å². The van der Waals surface area contributed by atoms with E-state index in [1.165, 1.54) is 16.4 Å². The molecule has 1 aliphatic rings. The Morgan fingerprint density at radius 1 is 1.09 bits per heavy atom. The van der Waals surface area contributed by atoms with E-state index in [2.05, 4.69) is 5.32 Å². The van der Waals surface area contributed by atoms with E-state index in [9.17, 15) is 18.0 Å². The lowest BCUT2D eigenvalue weighted by Gasteiger charge is -2.26. The number of ether oxygens (including phenoxy) is 2. The van der Waals surface area contributed by atoms with Crippen LogP contribution in [-0.2, 0) is 24.3 Å². The molecule has 0 aliphatic carbocycles. The molecule has 1 heterocycles. The average Bonchev–Trinajstić information content (AvgIpc) is 2.84. The summed E-state index contributed by atoms with van der Waals surface area (Å²) in [7, 11) is -3.63. The first-order valence-electron chi connectivity index (χ1n) is 11.3. The molecule has 2 aromatic rings. The maximum atomic E-state index is 12.9. The number of aryl methyl sites for hydroxylation is 1. The van der Waals surface area contributed by atoms with Gasteiger partial charge < -0.3 is 14.8 Å². The van der Waals surface area contributed by atoms with Crippen molar-refractivity contribution >= 4 is 33.7 Å². The van der Waals surface area contributed by atoms with Crippen molar-refractivity contribution in [3.8, 4) is 5.75 Å². The van der Waals surface area contributed by atoms with Gasteiger partial charge in [-0.25, -0.2) is 13.2 Å². The van der Waals surface area contributed by atoms with Gasteiger partial charge in [0, 0.05) is 30.4 Å². The fourth-order valence-corrected chi connectivity index (χ4v) is 5.13. The lowest BCUT2D eigenvalue weighted by atomic mass is 10.2.